The lowest BCUT2D eigenvalue weighted by molar-refractivity contribution is 0.594. The van der Waals surface area contributed by atoms with Gasteiger partial charge in [0.2, 0.25) is 0 Å². The third kappa shape index (κ3) is 2.30. The predicted molar refractivity (Wildman–Crippen MR) is 69.9 cm³/mol. The van der Waals surface area contributed by atoms with E-state index >= 15 is 0 Å². The molecule has 0 spiro atoms. The van der Waals surface area contributed by atoms with Crippen LogP contribution >= 0.6 is 11.3 Å². The lowest BCUT2D eigenvalue weighted by Gasteiger charge is -2.04. The molecule has 2 unspecified atom stereocenters. The summed E-state index contributed by atoms with van der Waals surface area (Å²) < 4.78 is 0. The molecule has 2 atom stereocenters. The maximum absolute atomic E-state index is 5.80. The van der Waals surface area contributed by atoms with E-state index in [0.717, 1.165) is 5.92 Å². The summed E-state index contributed by atoms with van der Waals surface area (Å²) in [6, 6.07) is 0. The molecule has 2 nitrogen and oxygen atoms in total. The van der Waals surface area contributed by atoms with E-state index in [2.05, 4.69) is 20.8 Å². The number of hydrogen-bond acceptors (Lipinski definition) is 3. The van der Waals surface area contributed by atoms with Crippen LogP contribution in [-0.2, 0) is 6.54 Å². The molecule has 1 heterocycles. The Hall–Kier alpha value is -0.410. The predicted octanol–water partition coefficient (Wildman–Crippen LogP) is 3.63. The van der Waals surface area contributed by atoms with Gasteiger partial charge in [-0.15, -0.1) is 11.3 Å². The van der Waals surface area contributed by atoms with Crippen molar-refractivity contribution >= 4 is 11.3 Å². The van der Waals surface area contributed by atoms with E-state index in [4.69, 9.17) is 10.7 Å². The molecule has 1 aliphatic rings. The van der Waals surface area contributed by atoms with Crippen LogP contribution in [0.4, 0.5) is 0 Å². The van der Waals surface area contributed by atoms with E-state index in [1.807, 2.05) is 11.3 Å². The molecular formula is C13H22N2S. The van der Waals surface area contributed by atoms with Gasteiger partial charge in [0.25, 0.3) is 0 Å². The first kappa shape index (κ1) is 12.1. The van der Waals surface area contributed by atoms with Crippen molar-refractivity contribution in [1.82, 2.24) is 4.98 Å². The molecule has 0 amide bonds. The summed E-state index contributed by atoms with van der Waals surface area (Å²) >= 11 is 1.85. The molecule has 16 heavy (non-hydrogen) atoms. The maximum Gasteiger partial charge on any atom is 0.0962 e. The fourth-order valence-corrected chi connectivity index (χ4v) is 3.83. The number of hydrogen-bond donors (Lipinski definition) is 1. The molecule has 0 aliphatic heterocycles. The van der Waals surface area contributed by atoms with Crippen LogP contribution in [0.25, 0.3) is 0 Å². The fraction of sp³-hybridized carbons (Fsp3) is 0.769. The van der Waals surface area contributed by atoms with Crippen molar-refractivity contribution in [3.8, 4) is 0 Å². The first-order chi connectivity index (χ1) is 7.61. The number of aromatic nitrogens is 1. The quantitative estimate of drug-likeness (QED) is 0.873. The molecule has 0 saturated heterocycles. The fourth-order valence-electron chi connectivity index (χ4n) is 2.59. The number of nitrogens with zero attached hydrogens (tertiary/aromatic N) is 1. The normalized spacial score (nSPS) is 25.6. The van der Waals surface area contributed by atoms with Crippen molar-refractivity contribution in [2.24, 2.45) is 11.7 Å². The first-order valence-corrected chi connectivity index (χ1v) is 7.13. The first-order valence-electron chi connectivity index (χ1n) is 6.31. The van der Waals surface area contributed by atoms with Gasteiger partial charge in [-0.3, -0.25) is 0 Å². The second-order valence-electron chi connectivity index (χ2n) is 5.33. The molecule has 2 N–H and O–H groups in total. The van der Waals surface area contributed by atoms with Crippen LogP contribution in [0.5, 0.6) is 0 Å². The Labute approximate surface area is 102 Å². The Morgan fingerprint density at radius 1 is 1.44 bits per heavy atom. The second kappa shape index (κ2) is 4.84. The van der Waals surface area contributed by atoms with Gasteiger partial charge in [-0.25, -0.2) is 4.98 Å². The lowest BCUT2D eigenvalue weighted by atomic mass is 10.1. The molecule has 1 aromatic rings. The highest BCUT2D eigenvalue weighted by molar-refractivity contribution is 7.11. The molecule has 1 aromatic heterocycles. The van der Waals surface area contributed by atoms with Crippen LogP contribution in [0.1, 0.15) is 67.4 Å². The van der Waals surface area contributed by atoms with E-state index in [1.165, 1.54) is 34.8 Å². The summed E-state index contributed by atoms with van der Waals surface area (Å²) in [5.41, 5.74) is 7.04. The lowest BCUT2D eigenvalue weighted by Crippen LogP contribution is -2.00. The molecule has 2 rings (SSSR count). The number of nitrogens with two attached hydrogens (primary N) is 1. The van der Waals surface area contributed by atoms with Crippen LogP contribution in [-0.4, -0.2) is 4.98 Å². The smallest absolute Gasteiger partial charge is 0.0962 e. The molecular weight excluding hydrogens is 216 g/mol. The summed E-state index contributed by atoms with van der Waals surface area (Å²) in [6.07, 6.45) is 3.99. The van der Waals surface area contributed by atoms with Crippen molar-refractivity contribution in [3.05, 3.63) is 15.6 Å². The average molecular weight is 238 g/mol. The Morgan fingerprint density at radius 2 is 2.19 bits per heavy atom. The molecule has 0 bridgehead atoms. The Kier molecular flexibility index (Phi) is 3.65. The van der Waals surface area contributed by atoms with Crippen LogP contribution < -0.4 is 5.73 Å². The van der Waals surface area contributed by atoms with Gasteiger partial charge in [-0.05, 0) is 24.7 Å². The molecule has 1 saturated carbocycles. The van der Waals surface area contributed by atoms with Crippen LogP contribution in [0.3, 0.4) is 0 Å². The van der Waals surface area contributed by atoms with Gasteiger partial charge < -0.3 is 5.73 Å². The van der Waals surface area contributed by atoms with Gasteiger partial charge in [-0.2, -0.15) is 0 Å². The maximum atomic E-state index is 5.80. The van der Waals surface area contributed by atoms with Crippen molar-refractivity contribution in [3.63, 3.8) is 0 Å². The van der Waals surface area contributed by atoms with Crippen molar-refractivity contribution in [1.29, 1.82) is 0 Å². The monoisotopic (exact) mass is 238 g/mol. The van der Waals surface area contributed by atoms with E-state index < -0.39 is 0 Å². The molecule has 0 radical (unpaired) electrons. The minimum absolute atomic E-state index is 0.502. The van der Waals surface area contributed by atoms with E-state index in [-0.39, 0.29) is 0 Å². The van der Waals surface area contributed by atoms with E-state index in [1.54, 1.807) is 0 Å². The summed E-state index contributed by atoms with van der Waals surface area (Å²) in [4.78, 5) is 6.13. The zero-order chi connectivity index (χ0) is 11.7. The Balaban J connectivity index is 2.22. The number of thiazole rings is 1. The topological polar surface area (TPSA) is 38.9 Å². The van der Waals surface area contributed by atoms with Crippen LogP contribution in [0.2, 0.25) is 0 Å². The van der Waals surface area contributed by atoms with Gasteiger partial charge >= 0.3 is 0 Å². The highest BCUT2D eigenvalue weighted by Gasteiger charge is 2.26. The molecule has 90 valence electrons. The van der Waals surface area contributed by atoms with E-state index in [9.17, 15) is 0 Å². The minimum Gasteiger partial charge on any atom is -0.326 e. The van der Waals surface area contributed by atoms with E-state index in [0.29, 0.717) is 18.4 Å². The van der Waals surface area contributed by atoms with Gasteiger partial charge in [-0.1, -0.05) is 27.2 Å². The van der Waals surface area contributed by atoms with Crippen molar-refractivity contribution < 1.29 is 0 Å². The zero-order valence-electron chi connectivity index (χ0n) is 10.5. The minimum atomic E-state index is 0.502. The largest absolute Gasteiger partial charge is 0.326 e. The third-order valence-corrected chi connectivity index (χ3v) is 4.78. The van der Waals surface area contributed by atoms with Crippen LogP contribution in [0, 0.1) is 5.92 Å². The van der Waals surface area contributed by atoms with Crippen LogP contribution in [0.15, 0.2) is 0 Å². The standard InChI is InChI=1S/C13H22N2S/c1-8(2)12-11(7-14)16-13(15-12)10-5-4-9(3)6-10/h8-10H,4-7,14H2,1-3H3. The summed E-state index contributed by atoms with van der Waals surface area (Å²) in [7, 11) is 0. The summed E-state index contributed by atoms with van der Waals surface area (Å²) in [5.74, 6) is 2.08. The number of rotatable bonds is 3. The molecule has 3 heteroatoms. The molecule has 1 fully saturated rings. The highest BCUT2D eigenvalue weighted by Crippen LogP contribution is 2.40. The van der Waals surface area contributed by atoms with Crippen molar-refractivity contribution in [2.45, 2.75) is 58.4 Å². The third-order valence-electron chi connectivity index (χ3n) is 3.52. The van der Waals surface area contributed by atoms with Crippen molar-refractivity contribution in [2.75, 3.05) is 0 Å². The zero-order valence-corrected chi connectivity index (χ0v) is 11.3. The average Bonchev–Trinajstić information content (AvgIpc) is 2.82. The van der Waals surface area contributed by atoms with Gasteiger partial charge in [0.15, 0.2) is 0 Å². The SMILES string of the molecule is CC1CCC(c2nc(C(C)C)c(CN)s2)C1. The molecule has 0 aromatic carbocycles. The Bertz CT molecular complexity index is 357. The second-order valence-corrected chi connectivity index (χ2v) is 6.45. The molecule has 1 aliphatic carbocycles. The van der Waals surface area contributed by atoms with Gasteiger partial charge in [0.1, 0.15) is 0 Å². The van der Waals surface area contributed by atoms with Gasteiger partial charge in [0.05, 0.1) is 10.7 Å². The Morgan fingerprint density at radius 3 is 2.62 bits per heavy atom. The highest BCUT2D eigenvalue weighted by atomic mass is 32.1. The summed E-state index contributed by atoms with van der Waals surface area (Å²) in [6.45, 7) is 7.40. The summed E-state index contributed by atoms with van der Waals surface area (Å²) in [5, 5.41) is 1.34. The van der Waals surface area contributed by atoms with Gasteiger partial charge in [0, 0.05) is 17.3 Å².